The molecule has 0 spiro atoms. The molecule has 2 rings (SSSR count). The molecule has 0 saturated carbocycles. The lowest BCUT2D eigenvalue weighted by Crippen LogP contribution is -2.52. The third-order valence-electron chi connectivity index (χ3n) is 2.97. The maximum atomic E-state index is 12.4. The lowest BCUT2D eigenvalue weighted by Gasteiger charge is -2.30. The Morgan fingerprint density at radius 3 is 2.74 bits per heavy atom. The van der Waals surface area contributed by atoms with Crippen LogP contribution in [0, 0.1) is 0 Å². The highest BCUT2D eigenvalue weighted by atomic mass is 16.6. The predicted octanol–water partition coefficient (Wildman–Crippen LogP) is 1.72. The summed E-state index contributed by atoms with van der Waals surface area (Å²) in [5, 5.41) is 0. The van der Waals surface area contributed by atoms with Crippen LogP contribution in [0.5, 0.6) is 5.75 Å². The quantitative estimate of drug-likeness (QED) is 0.358. The molecule has 1 unspecified atom stereocenters. The van der Waals surface area contributed by atoms with Gasteiger partial charge in [-0.15, -0.1) is 0 Å². The van der Waals surface area contributed by atoms with E-state index < -0.39 is 17.4 Å². The average molecular weight is 262 g/mol. The standard InChI is InChI=1S/C14H14O5/c1-9(17-3)8-18-14(2)12(15)10-6-4-5-7-11(10)19-13(14)16/h4-7H,1,8H2,2-3H3. The van der Waals surface area contributed by atoms with E-state index >= 15 is 0 Å². The summed E-state index contributed by atoms with van der Waals surface area (Å²) in [4.78, 5) is 24.3. The third kappa shape index (κ3) is 2.24. The number of methoxy groups -OCH3 is 1. The van der Waals surface area contributed by atoms with Crippen LogP contribution in [-0.2, 0) is 14.3 Å². The van der Waals surface area contributed by atoms with Gasteiger partial charge in [0.05, 0.1) is 12.7 Å². The van der Waals surface area contributed by atoms with Crippen molar-refractivity contribution in [3.05, 3.63) is 42.2 Å². The van der Waals surface area contributed by atoms with Crippen molar-refractivity contribution in [3.63, 3.8) is 0 Å². The van der Waals surface area contributed by atoms with Gasteiger partial charge in [-0.05, 0) is 19.1 Å². The molecule has 5 nitrogen and oxygen atoms in total. The Hall–Kier alpha value is -2.14. The number of fused-ring (bicyclic) bond motifs is 1. The van der Waals surface area contributed by atoms with E-state index in [1.165, 1.54) is 14.0 Å². The van der Waals surface area contributed by atoms with Crippen molar-refractivity contribution in [2.75, 3.05) is 13.7 Å². The van der Waals surface area contributed by atoms with Gasteiger partial charge in [-0.1, -0.05) is 18.7 Å². The van der Waals surface area contributed by atoms with Crippen molar-refractivity contribution in [1.29, 1.82) is 0 Å². The number of hydrogen-bond donors (Lipinski definition) is 0. The van der Waals surface area contributed by atoms with Gasteiger partial charge in [0, 0.05) is 0 Å². The monoisotopic (exact) mass is 262 g/mol. The van der Waals surface area contributed by atoms with Gasteiger partial charge in [0.2, 0.25) is 11.4 Å². The Morgan fingerprint density at radius 2 is 2.05 bits per heavy atom. The van der Waals surface area contributed by atoms with Gasteiger partial charge in [-0.25, -0.2) is 4.79 Å². The maximum absolute atomic E-state index is 12.4. The molecule has 0 amide bonds. The van der Waals surface area contributed by atoms with Crippen LogP contribution in [-0.4, -0.2) is 31.1 Å². The molecular formula is C14H14O5. The molecular weight excluding hydrogens is 248 g/mol. The highest BCUT2D eigenvalue weighted by Crippen LogP contribution is 2.32. The number of hydrogen-bond acceptors (Lipinski definition) is 5. The molecule has 0 aromatic heterocycles. The molecule has 100 valence electrons. The normalized spacial score (nSPS) is 21.6. The highest BCUT2D eigenvalue weighted by molar-refractivity contribution is 6.19. The zero-order valence-electron chi connectivity index (χ0n) is 10.8. The smallest absolute Gasteiger partial charge is 0.351 e. The van der Waals surface area contributed by atoms with Gasteiger partial charge < -0.3 is 14.2 Å². The van der Waals surface area contributed by atoms with Crippen LogP contribution in [0.4, 0.5) is 0 Å². The van der Waals surface area contributed by atoms with Gasteiger partial charge in [0.25, 0.3) is 0 Å². The third-order valence-corrected chi connectivity index (χ3v) is 2.97. The number of ketones is 1. The number of esters is 1. The van der Waals surface area contributed by atoms with Gasteiger partial charge in [0.1, 0.15) is 18.1 Å². The van der Waals surface area contributed by atoms with Crippen LogP contribution in [0.2, 0.25) is 0 Å². The van der Waals surface area contributed by atoms with E-state index in [0.29, 0.717) is 11.3 Å². The van der Waals surface area contributed by atoms with Crippen LogP contribution >= 0.6 is 0 Å². The van der Waals surface area contributed by atoms with Crippen molar-refractivity contribution >= 4 is 11.8 Å². The number of carbonyl (C=O) groups excluding carboxylic acids is 2. The Bertz CT molecular complexity index is 549. The largest absolute Gasteiger partial charge is 0.499 e. The van der Waals surface area contributed by atoms with E-state index in [-0.39, 0.29) is 12.4 Å². The van der Waals surface area contributed by atoms with E-state index in [1.54, 1.807) is 24.3 Å². The fraction of sp³-hybridized carbons (Fsp3) is 0.286. The topological polar surface area (TPSA) is 61.8 Å². The van der Waals surface area contributed by atoms with Gasteiger partial charge in [-0.3, -0.25) is 4.79 Å². The number of rotatable bonds is 4. The molecule has 1 heterocycles. The van der Waals surface area contributed by atoms with Crippen LogP contribution in [0.3, 0.4) is 0 Å². The van der Waals surface area contributed by atoms with Crippen LogP contribution in [0.15, 0.2) is 36.6 Å². The summed E-state index contributed by atoms with van der Waals surface area (Å²) in [6.45, 7) is 4.90. The maximum Gasteiger partial charge on any atom is 0.351 e. The summed E-state index contributed by atoms with van der Waals surface area (Å²) in [7, 11) is 1.43. The summed E-state index contributed by atoms with van der Waals surface area (Å²) in [5.41, 5.74) is -1.34. The van der Waals surface area contributed by atoms with E-state index in [9.17, 15) is 9.59 Å². The average Bonchev–Trinajstić information content (AvgIpc) is 2.42. The molecule has 0 fully saturated rings. The second kappa shape index (κ2) is 4.85. The molecule has 1 aliphatic rings. The van der Waals surface area contributed by atoms with Crippen molar-refractivity contribution in [2.24, 2.45) is 0 Å². The molecule has 0 N–H and O–H groups in total. The summed E-state index contributed by atoms with van der Waals surface area (Å²) in [6.07, 6.45) is 0. The number of Topliss-reactive ketones (excluding diaryl/α,β-unsaturated/α-hetero) is 1. The first-order valence-corrected chi connectivity index (χ1v) is 5.71. The lowest BCUT2D eigenvalue weighted by molar-refractivity contribution is -0.155. The molecule has 1 aromatic rings. The van der Waals surface area contributed by atoms with Crippen molar-refractivity contribution in [1.82, 2.24) is 0 Å². The Labute approximate surface area is 110 Å². The second-order valence-electron chi connectivity index (χ2n) is 4.28. The van der Waals surface area contributed by atoms with E-state index in [2.05, 4.69) is 6.58 Å². The Morgan fingerprint density at radius 1 is 1.37 bits per heavy atom. The lowest BCUT2D eigenvalue weighted by atomic mass is 9.91. The number of carbonyl (C=O) groups is 2. The molecule has 1 aliphatic heterocycles. The number of para-hydroxylation sites is 1. The molecule has 19 heavy (non-hydrogen) atoms. The van der Waals surface area contributed by atoms with Gasteiger partial charge in [0.15, 0.2) is 0 Å². The zero-order valence-corrected chi connectivity index (χ0v) is 10.8. The first-order chi connectivity index (χ1) is 8.99. The van der Waals surface area contributed by atoms with E-state index in [0.717, 1.165) is 0 Å². The minimum absolute atomic E-state index is 0.0595. The van der Waals surface area contributed by atoms with Gasteiger partial charge >= 0.3 is 5.97 Å². The molecule has 0 radical (unpaired) electrons. The van der Waals surface area contributed by atoms with Gasteiger partial charge in [-0.2, -0.15) is 0 Å². The number of benzene rings is 1. The fourth-order valence-electron chi connectivity index (χ4n) is 1.70. The Balaban J connectivity index is 2.29. The molecule has 1 atom stereocenters. The molecule has 0 bridgehead atoms. The summed E-state index contributed by atoms with van der Waals surface area (Å²) in [6, 6.07) is 6.55. The molecule has 0 saturated heterocycles. The second-order valence-corrected chi connectivity index (χ2v) is 4.28. The summed E-state index contributed by atoms with van der Waals surface area (Å²) in [5.74, 6) is -0.590. The van der Waals surface area contributed by atoms with Crippen molar-refractivity contribution in [2.45, 2.75) is 12.5 Å². The summed E-state index contributed by atoms with van der Waals surface area (Å²) >= 11 is 0. The number of ether oxygens (including phenoxy) is 3. The summed E-state index contributed by atoms with van der Waals surface area (Å²) < 4.78 is 15.3. The first-order valence-electron chi connectivity index (χ1n) is 5.71. The molecule has 1 aromatic carbocycles. The van der Waals surface area contributed by atoms with Crippen LogP contribution < -0.4 is 4.74 Å². The minimum atomic E-state index is -1.67. The predicted molar refractivity (Wildman–Crippen MR) is 66.9 cm³/mol. The van der Waals surface area contributed by atoms with Crippen LogP contribution in [0.25, 0.3) is 0 Å². The van der Waals surface area contributed by atoms with Crippen molar-refractivity contribution < 1.29 is 23.8 Å². The first kappa shape index (κ1) is 13.3. The highest BCUT2D eigenvalue weighted by Gasteiger charge is 2.49. The molecule has 0 aliphatic carbocycles. The van der Waals surface area contributed by atoms with Crippen LogP contribution in [0.1, 0.15) is 17.3 Å². The van der Waals surface area contributed by atoms with E-state index in [1.807, 2.05) is 0 Å². The Kier molecular flexibility index (Phi) is 3.40. The molecule has 5 heteroatoms. The fourth-order valence-corrected chi connectivity index (χ4v) is 1.70. The zero-order chi connectivity index (χ0) is 14.0. The van der Waals surface area contributed by atoms with Crippen molar-refractivity contribution in [3.8, 4) is 5.75 Å². The van der Waals surface area contributed by atoms with E-state index in [4.69, 9.17) is 14.2 Å². The minimum Gasteiger partial charge on any atom is -0.499 e. The SMILES string of the molecule is C=C(COC1(C)C(=O)Oc2ccccc2C1=O)OC.